The van der Waals surface area contributed by atoms with Crippen LogP contribution in [0.5, 0.6) is 0 Å². The lowest BCUT2D eigenvalue weighted by Crippen LogP contribution is -2.06. The van der Waals surface area contributed by atoms with E-state index in [9.17, 15) is 4.79 Å². The lowest BCUT2D eigenvalue weighted by Gasteiger charge is -2.02. The molecule has 1 aromatic carbocycles. The highest BCUT2D eigenvalue weighted by atomic mass is 16.1. The molecule has 0 atom stereocenters. The standard InChI is InChI=1S/C15H12N2O/c18-15-13-6-3-8-17(13)9-7-11-10-4-1-2-5-12(10)16-14(11)15/h1-6,8,16H,7,9H2. The number of aryl methyl sites for hydroxylation is 2. The fraction of sp³-hybridized carbons (Fsp3) is 0.133. The SMILES string of the molecule is O=C1c2[nH]c3ccccc3c2CCn2cccc21. The smallest absolute Gasteiger partial charge is 0.225 e. The summed E-state index contributed by atoms with van der Waals surface area (Å²) < 4.78 is 2.03. The Morgan fingerprint density at radius 1 is 1.11 bits per heavy atom. The summed E-state index contributed by atoms with van der Waals surface area (Å²) in [6, 6.07) is 11.9. The second kappa shape index (κ2) is 3.35. The lowest BCUT2D eigenvalue weighted by atomic mass is 10.1. The minimum Gasteiger partial charge on any atom is -0.352 e. The molecule has 2 aromatic heterocycles. The molecule has 0 fully saturated rings. The number of rotatable bonds is 0. The topological polar surface area (TPSA) is 37.8 Å². The second-order valence-corrected chi connectivity index (χ2v) is 4.69. The summed E-state index contributed by atoms with van der Waals surface area (Å²) in [4.78, 5) is 15.8. The molecule has 0 amide bonds. The first-order chi connectivity index (χ1) is 8.84. The highest BCUT2D eigenvalue weighted by Gasteiger charge is 2.24. The lowest BCUT2D eigenvalue weighted by molar-refractivity contribution is 0.102. The summed E-state index contributed by atoms with van der Waals surface area (Å²) in [6.07, 6.45) is 2.87. The fourth-order valence-corrected chi connectivity index (χ4v) is 2.83. The molecule has 0 saturated carbocycles. The average Bonchev–Trinajstić information content (AvgIpc) is 2.97. The number of aromatic amines is 1. The molecule has 0 aliphatic carbocycles. The van der Waals surface area contributed by atoms with Gasteiger partial charge < -0.3 is 9.55 Å². The van der Waals surface area contributed by atoms with Crippen molar-refractivity contribution in [2.24, 2.45) is 0 Å². The van der Waals surface area contributed by atoms with Crippen molar-refractivity contribution < 1.29 is 4.79 Å². The Bertz CT molecular complexity index is 764. The summed E-state index contributed by atoms with van der Waals surface area (Å²) in [6.45, 7) is 0.864. The Labute approximate surface area is 104 Å². The molecule has 0 saturated heterocycles. The highest BCUT2D eigenvalue weighted by molar-refractivity contribution is 6.11. The molecule has 3 heteroatoms. The van der Waals surface area contributed by atoms with Crippen molar-refractivity contribution in [2.45, 2.75) is 13.0 Å². The first kappa shape index (κ1) is 9.71. The second-order valence-electron chi connectivity index (χ2n) is 4.69. The van der Waals surface area contributed by atoms with Gasteiger partial charge >= 0.3 is 0 Å². The number of H-pyrrole nitrogens is 1. The maximum atomic E-state index is 12.5. The largest absolute Gasteiger partial charge is 0.352 e. The molecule has 0 unspecified atom stereocenters. The Balaban J connectivity index is 2.03. The van der Waals surface area contributed by atoms with Crippen molar-refractivity contribution in [3.8, 4) is 0 Å². The van der Waals surface area contributed by atoms with Crippen LogP contribution in [-0.2, 0) is 13.0 Å². The number of benzene rings is 1. The van der Waals surface area contributed by atoms with E-state index in [0.29, 0.717) is 0 Å². The van der Waals surface area contributed by atoms with E-state index < -0.39 is 0 Å². The van der Waals surface area contributed by atoms with Crippen LogP contribution in [0.3, 0.4) is 0 Å². The van der Waals surface area contributed by atoms with Crippen molar-refractivity contribution in [1.82, 2.24) is 9.55 Å². The summed E-state index contributed by atoms with van der Waals surface area (Å²) in [7, 11) is 0. The molecular formula is C15H12N2O. The quantitative estimate of drug-likeness (QED) is 0.640. The molecule has 1 N–H and O–H groups in total. The first-order valence-corrected chi connectivity index (χ1v) is 6.14. The van der Waals surface area contributed by atoms with Crippen LogP contribution in [0.1, 0.15) is 21.7 Å². The van der Waals surface area contributed by atoms with Crippen molar-refractivity contribution in [3.63, 3.8) is 0 Å². The Morgan fingerprint density at radius 2 is 2.00 bits per heavy atom. The first-order valence-electron chi connectivity index (χ1n) is 6.14. The van der Waals surface area contributed by atoms with Gasteiger partial charge in [-0.3, -0.25) is 4.79 Å². The molecule has 0 bridgehead atoms. The predicted molar refractivity (Wildman–Crippen MR) is 69.9 cm³/mol. The third-order valence-electron chi connectivity index (χ3n) is 3.71. The number of ketones is 1. The molecular weight excluding hydrogens is 224 g/mol. The number of nitrogens with one attached hydrogen (secondary N) is 1. The summed E-state index contributed by atoms with van der Waals surface area (Å²) >= 11 is 0. The zero-order valence-corrected chi connectivity index (χ0v) is 9.81. The van der Waals surface area contributed by atoms with E-state index in [1.807, 2.05) is 41.1 Å². The number of nitrogens with zero attached hydrogens (tertiary/aromatic N) is 1. The van der Waals surface area contributed by atoms with Crippen molar-refractivity contribution >= 4 is 16.7 Å². The number of para-hydroxylation sites is 1. The van der Waals surface area contributed by atoms with Gasteiger partial charge in [-0.1, -0.05) is 18.2 Å². The minimum absolute atomic E-state index is 0.101. The Hall–Kier alpha value is -2.29. The van der Waals surface area contributed by atoms with Gasteiger partial charge in [-0.05, 0) is 30.2 Å². The van der Waals surface area contributed by atoms with Crippen LogP contribution in [0.4, 0.5) is 0 Å². The molecule has 4 rings (SSSR count). The van der Waals surface area contributed by atoms with Crippen molar-refractivity contribution in [2.75, 3.05) is 0 Å². The Kier molecular flexibility index (Phi) is 1.81. The maximum absolute atomic E-state index is 12.5. The van der Waals surface area contributed by atoms with E-state index in [-0.39, 0.29) is 5.78 Å². The van der Waals surface area contributed by atoms with Crippen LogP contribution in [0, 0.1) is 0 Å². The van der Waals surface area contributed by atoms with Crippen LogP contribution in [0.2, 0.25) is 0 Å². The molecule has 3 aromatic rings. The third kappa shape index (κ3) is 1.16. The maximum Gasteiger partial charge on any atom is 0.225 e. The molecule has 3 heterocycles. The molecule has 0 radical (unpaired) electrons. The van der Waals surface area contributed by atoms with E-state index in [1.165, 1.54) is 5.39 Å². The zero-order valence-electron chi connectivity index (χ0n) is 9.81. The van der Waals surface area contributed by atoms with Gasteiger partial charge in [0.25, 0.3) is 0 Å². The minimum atomic E-state index is 0.101. The van der Waals surface area contributed by atoms with Gasteiger partial charge in [-0.15, -0.1) is 0 Å². The van der Waals surface area contributed by atoms with Crippen LogP contribution in [0.25, 0.3) is 10.9 Å². The van der Waals surface area contributed by atoms with E-state index in [1.54, 1.807) is 0 Å². The van der Waals surface area contributed by atoms with Crippen LogP contribution in [-0.4, -0.2) is 15.3 Å². The summed E-state index contributed by atoms with van der Waals surface area (Å²) in [5.41, 5.74) is 3.74. The average molecular weight is 236 g/mol. The predicted octanol–water partition coefficient (Wildman–Crippen LogP) is 2.76. The Morgan fingerprint density at radius 3 is 2.94 bits per heavy atom. The zero-order chi connectivity index (χ0) is 12.1. The fourth-order valence-electron chi connectivity index (χ4n) is 2.83. The number of aromatic nitrogens is 2. The molecule has 1 aliphatic rings. The van der Waals surface area contributed by atoms with E-state index in [2.05, 4.69) is 11.1 Å². The number of hydrogen-bond acceptors (Lipinski definition) is 1. The van der Waals surface area contributed by atoms with E-state index in [0.717, 1.165) is 35.4 Å². The summed E-state index contributed by atoms with van der Waals surface area (Å²) in [5, 5.41) is 1.17. The monoisotopic (exact) mass is 236 g/mol. The molecule has 18 heavy (non-hydrogen) atoms. The van der Waals surface area contributed by atoms with Gasteiger partial charge in [-0.2, -0.15) is 0 Å². The number of hydrogen-bond donors (Lipinski definition) is 1. The van der Waals surface area contributed by atoms with Gasteiger partial charge in [0.05, 0.1) is 11.4 Å². The normalized spacial score (nSPS) is 14.3. The van der Waals surface area contributed by atoms with Crippen LogP contribution >= 0.6 is 0 Å². The van der Waals surface area contributed by atoms with Gasteiger partial charge in [0.1, 0.15) is 0 Å². The van der Waals surface area contributed by atoms with E-state index in [4.69, 9.17) is 0 Å². The third-order valence-corrected chi connectivity index (χ3v) is 3.71. The van der Waals surface area contributed by atoms with Crippen molar-refractivity contribution in [3.05, 3.63) is 59.5 Å². The van der Waals surface area contributed by atoms with Crippen molar-refractivity contribution in [1.29, 1.82) is 0 Å². The van der Waals surface area contributed by atoms with Gasteiger partial charge in [0.15, 0.2) is 0 Å². The van der Waals surface area contributed by atoms with Crippen LogP contribution < -0.4 is 0 Å². The molecule has 1 aliphatic heterocycles. The van der Waals surface area contributed by atoms with Gasteiger partial charge in [-0.25, -0.2) is 0 Å². The molecule has 3 nitrogen and oxygen atoms in total. The highest BCUT2D eigenvalue weighted by Crippen LogP contribution is 2.27. The van der Waals surface area contributed by atoms with Crippen LogP contribution in [0.15, 0.2) is 42.6 Å². The number of carbonyl (C=O) groups excluding carboxylic acids is 1. The molecule has 88 valence electrons. The van der Waals surface area contributed by atoms with E-state index >= 15 is 0 Å². The number of fused-ring (bicyclic) bond motifs is 4. The van der Waals surface area contributed by atoms with Gasteiger partial charge in [0, 0.05) is 23.6 Å². The summed E-state index contributed by atoms with van der Waals surface area (Å²) in [5.74, 6) is 0.101. The van der Waals surface area contributed by atoms with Gasteiger partial charge in [0.2, 0.25) is 5.78 Å². The molecule has 0 spiro atoms. The number of carbonyl (C=O) groups is 1.